The molecule has 1 fully saturated rings. The van der Waals surface area contributed by atoms with Crippen molar-refractivity contribution in [2.24, 2.45) is 0 Å². The summed E-state index contributed by atoms with van der Waals surface area (Å²) >= 11 is 0. The van der Waals surface area contributed by atoms with Crippen LogP contribution < -0.4 is 10.6 Å². The number of rotatable bonds is 4. The number of nitrogens with one attached hydrogen (secondary N) is 2. The molecule has 1 unspecified atom stereocenters. The second-order valence-corrected chi connectivity index (χ2v) is 7.75. The summed E-state index contributed by atoms with van der Waals surface area (Å²) in [5, 5.41) is 5.71. The highest BCUT2D eigenvalue weighted by Crippen LogP contribution is 2.34. The van der Waals surface area contributed by atoms with Crippen molar-refractivity contribution >= 4 is 28.8 Å². The fraction of sp³-hybridized carbons (Fsp3) is 0.273. The third-order valence-electron chi connectivity index (χ3n) is 5.87. The van der Waals surface area contributed by atoms with Crippen LogP contribution >= 0.6 is 0 Å². The van der Waals surface area contributed by atoms with Crippen molar-refractivity contribution in [2.75, 3.05) is 20.2 Å². The molecule has 5 rings (SSSR count). The lowest BCUT2D eigenvalue weighted by Crippen LogP contribution is -2.53. The number of nitrogens with zero attached hydrogens (tertiary/aromatic N) is 2. The molecule has 4 amide bonds. The first-order valence-electron chi connectivity index (χ1n) is 9.82. The van der Waals surface area contributed by atoms with E-state index < -0.39 is 17.5 Å². The van der Waals surface area contributed by atoms with Crippen molar-refractivity contribution in [1.29, 1.82) is 0 Å². The molecule has 2 aromatic heterocycles. The quantitative estimate of drug-likeness (QED) is 0.724. The molecule has 3 aliphatic rings. The number of fused-ring (bicyclic) bond motifs is 1. The molecule has 0 aromatic carbocycles. The summed E-state index contributed by atoms with van der Waals surface area (Å²) in [6.07, 6.45) is 8.67. The summed E-state index contributed by atoms with van der Waals surface area (Å²) in [5.74, 6) is -0.542. The first-order valence-corrected chi connectivity index (χ1v) is 9.82. The van der Waals surface area contributed by atoms with Gasteiger partial charge in [0, 0.05) is 36.5 Å². The molecule has 31 heavy (non-hydrogen) atoms. The molecular formula is C22H20N4O5. The van der Waals surface area contributed by atoms with E-state index in [0.717, 1.165) is 16.7 Å². The van der Waals surface area contributed by atoms with E-state index in [1.165, 1.54) is 4.90 Å². The van der Waals surface area contributed by atoms with Crippen LogP contribution in [0, 0.1) is 6.92 Å². The van der Waals surface area contributed by atoms with E-state index in [4.69, 9.17) is 9.15 Å². The van der Waals surface area contributed by atoms with Crippen molar-refractivity contribution in [1.82, 2.24) is 20.5 Å². The lowest BCUT2D eigenvalue weighted by molar-refractivity contribution is -0.130. The van der Waals surface area contributed by atoms with Crippen LogP contribution in [0.5, 0.6) is 0 Å². The van der Waals surface area contributed by atoms with Crippen LogP contribution in [0.15, 0.2) is 58.2 Å². The van der Waals surface area contributed by atoms with Crippen molar-refractivity contribution in [3.05, 3.63) is 65.2 Å². The molecule has 0 bridgehead atoms. The van der Waals surface area contributed by atoms with Crippen LogP contribution in [0.3, 0.4) is 0 Å². The average molecular weight is 420 g/mol. The number of hydrogen-bond acceptors (Lipinski definition) is 6. The van der Waals surface area contributed by atoms with Gasteiger partial charge in [-0.05, 0) is 24.6 Å². The molecule has 1 aliphatic carbocycles. The van der Waals surface area contributed by atoms with Gasteiger partial charge in [0.1, 0.15) is 11.3 Å². The van der Waals surface area contributed by atoms with Crippen LogP contribution in [0.1, 0.15) is 11.5 Å². The standard InChI is InChI=1S/C22H20N4O5/c1-12-16-9-18(31-17(16)7-8-23-12)22(20(28)24-21(29)25-22)11-26-10-13-3-4-14(30-2)5-6-15(13)19(26)27/h3-9,14H,10-11H2,1-2H3,(H2,24,25,28,29)/t14?,22-/m0/s1. The van der Waals surface area contributed by atoms with Gasteiger partial charge in [-0.1, -0.05) is 24.3 Å². The Hall–Kier alpha value is -3.72. The number of methoxy groups -OCH3 is 1. The van der Waals surface area contributed by atoms with Gasteiger partial charge in [0.15, 0.2) is 5.54 Å². The van der Waals surface area contributed by atoms with Gasteiger partial charge in [-0.25, -0.2) is 4.79 Å². The van der Waals surface area contributed by atoms with Gasteiger partial charge in [-0.3, -0.25) is 19.9 Å². The minimum absolute atomic E-state index is 0.0713. The van der Waals surface area contributed by atoms with Crippen molar-refractivity contribution in [3.8, 4) is 0 Å². The summed E-state index contributed by atoms with van der Waals surface area (Å²) in [6.45, 7) is 2.06. The summed E-state index contributed by atoms with van der Waals surface area (Å²) in [5.41, 5.74) is 1.12. The minimum atomic E-state index is -1.54. The molecule has 2 atom stereocenters. The number of amides is 4. The zero-order chi connectivity index (χ0) is 21.8. The number of pyridine rings is 1. The molecule has 158 valence electrons. The SMILES string of the molecule is COC1C=CC2=C(C=C1)C(=O)N(C[C@@]1(c3cc4c(C)nccc4o3)NC(=O)NC1=O)C2. The maximum absolute atomic E-state index is 13.1. The monoisotopic (exact) mass is 420 g/mol. The third kappa shape index (κ3) is 2.97. The largest absolute Gasteiger partial charge is 0.458 e. The van der Waals surface area contributed by atoms with Gasteiger partial charge in [0.25, 0.3) is 11.8 Å². The number of aromatic nitrogens is 1. The molecule has 0 saturated carbocycles. The first-order chi connectivity index (χ1) is 14.9. The van der Waals surface area contributed by atoms with Gasteiger partial charge >= 0.3 is 6.03 Å². The predicted octanol–water partition coefficient (Wildman–Crippen LogP) is 1.45. The molecule has 2 aliphatic heterocycles. The maximum atomic E-state index is 13.1. The van der Waals surface area contributed by atoms with Gasteiger partial charge in [0.2, 0.25) is 0 Å². The Morgan fingerprint density at radius 1 is 1.29 bits per heavy atom. The number of carbonyl (C=O) groups excluding carboxylic acids is 3. The third-order valence-corrected chi connectivity index (χ3v) is 5.87. The van der Waals surface area contributed by atoms with Crippen molar-refractivity contribution < 1.29 is 23.5 Å². The zero-order valence-corrected chi connectivity index (χ0v) is 17.0. The molecule has 9 heteroatoms. The fourth-order valence-corrected chi connectivity index (χ4v) is 4.19. The van der Waals surface area contributed by atoms with Crippen LogP contribution in [0.4, 0.5) is 4.79 Å². The van der Waals surface area contributed by atoms with Crippen molar-refractivity contribution in [3.63, 3.8) is 0 Å². The molecule has 1 saturated heterocycles. The maximum Gasteiger partial charge on any atom is 0.322 e. The molecule has 0 spiro atoms. The molecule has 2 aromatic rings. The normalized spacial score (nSPS) is 25.3. The number of carbonyl (C=O) groups is 3. The molecule has 9 nitrogen and oxygen atoms in total. The average Bonchev–Trinajstić information content (AvgIpc) is 3.33. The highest BCUT2D eigenvalue weighted by atomic mass is 16.5. The second-order valence-electron chi connectivity index (χ2n) is 7.75. The van der Waals surface area contributed by atoms with Crippen molar-refractivity contribution in [2.45, 2.75) is 18.6 Å². The number of ether oxygens (including phenoxy) is 1. The number of hydrogen-bond donors (Lipinski definition) is 2. The van der Waals surface area contributed by atoms with Crippen LogP contribution in [0.25, 0.3) is 11.0 Å². The van der Waals surface area contributed by atoms with E-state index in [9.17, 15) is 14.4 Å². The Bertz CT molecular complexity index is 1220. The van der Waals surface area contributed by atoms with Gasteiger partial charge in [0.05, 0.1) is 12.6 Å². The molecule has 2 N–H and O–H groups in total. The highest BCUT2D eigenvalue weighted by Gasteiger charge is 2.53. The number of aryl methyl sites for hydroxylation is 1. The first kappa shape index (κ1) is 19.3. The number of imide groups is 1. The van der Waals surface area contributed by atoms with E-state index in [1.54, 1.807) is 37.6 Å². The zero-order valence-electron chi connectivity index (χ0n) is 17.0. The molecular weight excluding hydrogens is 400 g/mol. The number of urea groups is 1. The summed E-state index contributed by atoms with van der Waals surface area (Å²) in [6, 6.07) is 2.76. The van der Waals surface area contributed by atoms with Crippen LogP contribution in [0.2, 0.25) is 0 Å². The summed E-state index contributed by atoms with van der Waals surface area (Å²) in [7, 11) is 1.60. The Morgan fingerprint density at radius 2 is 2.10 bits per heavy atom. The lowest BCUT2D eigenvalue weighted by Gasteiger charge is -2.29. The van der Waals surface area contributed by atoms with Crippen LogP contribution in [-0.2, 0) is 19.9 Å². The summed E-state index contributed by atoms with van der Waals surface area (Å²) < 4.78 is 11.3. The lowest BCUT2D eigenvalue weighted by atomic mass is 9.95. The van der Waals surface area contributed by atoms with Gasteiger partial charge < -0.3 is 19.4 Å². The highest BCUT2D eigenvalue weighted by molar-refractivity contribution is 6.08. The Morgan fingerprint density at radius 3 is 2.81 bits per heavy atom. The fourth-order valence-electron chi connectivity index (χ4n) is 4.19. The Balaban J connectivity index is 1.51. The van der Waals surface area contributed by atoms with E-state index in [-0.39, 0.29) is 24.3 Å². The van der Waals surface area contributed by atoms with E-state index in [2.05, 4.69) is 15.6 Å². The minimum Gasteiger partial charge on any atom is -0.458 e. The predicted molar refractivity (Wildman–Crippen MR) is 110 cm³/mol. The van der Waals surface area contributed by atoms with E-state index in [1.807, 2.05) is 19.1 Å². The molecule has 4 heterocycles. The van der Waals surface area contributed by atoms with E-state index in [0.29, 0.717) is 17.7 Å². The van der Waals surface area contributed by atoms with Gasteiger partial charge in [-0.15, -0.1) is 0 Å². The van der Waals surface area contributed by atoms with Gasteiger partial charge in [-0.2, -0.15) is 0 Å². The number of furan rings is 1. The smallest absolute Gasteiger partial charge is 0.322 e. The topological polar surface area (TPSA) is 114 Å². The van der Waals surface area contributed by atoms with E-state index >= 15 is 0 Å². The second kappa shape index (κ2) is 6.92. The molecule has 0 radical (unpaired) electrons. The Kier molecular flexibility index (Phi) is 4.30. The Labute approximate surface area is 177 Å². The van der Waals surface area contributed by atoms with Crippen LogP contribution in [-0.4, -0.2) is 54.0 Å². The summed E-state index contributed by atoms with van der Waals surface area (Å²) in [4.78, 5) is 44.0.